The van der Waals surface area contributed by atoms with Crippen LogP contribution in [0.15, 0.2) is 42.5 Å². The van der Waals surface area contributed by atoms with E-state index in [2.05, 4.69) is 5.10 Å². The fraction of sp³-hybridized carbons (Fsp3) is 0.292. The molecule has 0 fully saturated rings. The molecule has 8 heteroatoms. The predicted molar refractivity (Wildman–Crippen MR) is 111 cm³/mol. The molecule has 6 nitrogen and oxygen atoms in total. The number of ether oxygens (including phenoxy) is 1. The number of nitrogens with zero attached hydrogens (tertiary/aromatic N) is 3. The molecule has 0 N–H and O–H groups in total. The van der Waals surface area contributed by atoms with Gasteiger partial charge in [0, 0.05) is 30.3 Å². The van der Waals surface area contributed by atoms with Gasteiger partial charge < -0.3 is 9.64 Å². The Labute approximate surface area is 183 Å². The van der Waals surface area contributed by atoms with Crippen molar-refractivity contribution >= 4 is 11.9 Å². The van der Waals surface area contributed by atoms with Gasteiger partial charge in [-0.15, -0.1) is 0 Å². The van der Waals surface area contributed by atoms with Crippen molar-refractivity contribution in [1.82, 2.24) is 14.7 Å². The van der Waals surface area contributed by atoms with Crippen molar-refractivity contribution < 1.29 is 23.1 Å². The molecule has 0 spiro atoms. The first-order chi connectivity index (χ1) is 15.5. The van der Waals surface area contributed by atoms with Crippen molar-refractivity contribution in [1.29, 1.82) is 0 Å². The minimum absolute atomic E-state index is 0.246. The summed E-state index contributed by atoms with van der Waals surface area (Å²) in [6, 6.07) is 10.5. The summed E-state index contributed by atoms with van der Waals surface area (Å²) in [6.07, 6.45) is 2.53. The van der Waals surface area contributed by atoms with Crippen LogP contribution in [-0.2, 0) is 35.3 Å². The number of benzene rings is 2. The second-order valence-corrected chi connectivity index (χ2v) is 8.08. The SMILES string of the molecule is COC(=O)C1Cc2ccccc2CN1C(=O)c1nn(-c2ccc(F)c(F)c2)c2c1CCC2. The molecule has 2 aliphatic rings. The lowest BCUT2D eigenvalue weighted by atomic mass is 9.93. The molecule has 1 atom stereocenters. The van der Waals surface area contributed by atoms with Gasteiger partial charge in [0.2, 0.25) is 0 Å². The number of halogens is 2. The fourth-order valence-corrected chi connectivity index (χ4v) is 4.66. The fourth-order valence-electron chi connectivity index (χ4n) is 4.66. The van der Waals surface area contributed by atoms with Crippen molar-refractivity contribution in [2.45, 2.75) is 38.3 Å². The van der Waals surface area contributed by atoms with Crippen LogP contribution in [0.5, 0.6) is 0 Å². The van der Waals surface area contributed by atoms with Crippen LogP contribution in [0, 0.1) is 11.6 Å². The Hall–Kier alpha value is -3.55. The maximum atomic E-state index is 13.9. The van der Waals surface area contributed by atoms with Gasteiger partial charge >= 0.3 is 5.97 Å². The summed E-state index contributed by atoms with van der Waals surface area (Å²) in [5, 5.41) is 4.51. The van der Waals surface area contributed by atoms with Crippen LogP contribution in [0.4, 0.5) is 8.78 Å². The molecule has 1 unspecified atom stereocenters. The second-order valence-electron chi connectivity index (χ2n) is 8.08. The van der Waals surface area contributed by atoms with Crippen LogP contribution in [0.25, 0.3) is 5.69 Å². The summed E-state index contributed by atoms with van der Waals surface area (Å²) >= 11 is 0. The highest BCUT2D eigenvalue weighted by atomic mass is 19.2. The van der Waals surface area contributed by atoms with E-state index < -0.39 is 23.6 Å². The molecular formula is C24H21F2N3O3. The van der Waals surface area contributed by atoms with E-state index in [9.17, 15) is 18.4 Å². The monoisotopic (exact) mass is 437 g/mol. The molecular weight excluding hydrogens is 416 g/mol. The highest BCUT2D eigenvalue weighted by Crippen LogP contribution is 2.31. The Morgan fingerprint density at radius 3 is 2.59 bits per heavy atom. The molecule has 0 saturated carbocycles. The lowest BCUT2D eigenvalue weighted by Crippen LogP contribution is -2.49. The molecule has 2 aromatic carbocycles. The number of hydrogen-bond donors (Lipinski definition) is 0. The van der Waals surface area contributed by atoms with Crippen LogP contribution in [0.3, 0.4) is 0 Å². The zero-order valence-electron chi connectivity index (χ0n) is 17.5. The topological polar surface area (TPSA) is 64.4 Å². The standard InChI is InChI=1S/C24H21F2N3O3/c1-32-24(31)21-11-14-5-2-3-6-15(14)13-28(21)23(30)22-17-7-4-8-20(17)29(27-22)16-9-10-18(25)19(26)12-16/h2-3,5-6,9-10,12,21H,4,7-8,11,13H2,1H3. The number of esters is 1. The number of carbonyl (C=O) groups is 2. The third-order valence-electron chi connectivity index (χ3n) is 6.26. The van der Waals surface area contributed by atoms with Crippen LogP contribution in [0.2, 0.25) is 0 Å². The summed E-state index contributed by atoms with van der Waals surface area (Å²) in [5.74, 6) is -2.77. The number of aromatic nitrogens is 2. The number of rotatable bonds is 3. The minimum Gasteiger partial charge on any atom is -0.467 e. The Balaban J connectivity index is 1.56. The third kappa shape index (κ3) is 3.26. The van der Waals surface area contributed by atoms with Crippen molar-refractivity contribution in [2.75, 3.05) is 7.11 Å². The van der Waals surface area contributed by atoms with Crippen molar-refractivity contribution in [3.63, 3.8) is 0 Å². The average molecular weight is 437 g/mol. The molecule has 1 aromatic heterocycles. The van der Waals surface area contributed by atoms with Gasteiger partial charge in [0.1, 0.15) is 6.04 Å². The van der Waals surface area contributed by atoms with Gasteiger partial charge in [-0.2, -0.15) is 5.10 Å². The maximum absolute atomic E-state index is 13.9. The number of fused-ring (bicyclic) bond motifs is 2. The Morgan fingerprint density at radius 2 is 1.84 bits per heavy atom. The molecule has 1 amide bonds. The van der Waals surface area contributed by atoms with Crippen LogP contribution >= 0.6 is 0 Å². The lowest BCUT2D eigenvalue weighted by molar-refractivity contribution is -0.146. The molecule has 1 aliphatic heterocycles. The van der Waals surface area contributed by atoms with Gasteiger partial charge in [0.15, 0.2) is 17.3 Å². The van der Waals surface area contributed by atoms with E-state index in [-0.39, 0.29) is 18.1 Å². The van der Waals surface area contributed by atoms with Gasteiger partial charge in [-0.3, -0.25) is 4.79 Å². The van der Waals surface area contributed by atoms with E-state index >= 15 is 0 Å². The summed E-state index contributed by atoms with van der Waals surface area (Å²) in [5.41, 5.74) is 4.18. The van der Waals surface area contributed by atoms with Crippen molar-refractivity contribution in [3.8, 4) is 5.69 Å². The normalized spacial score (nSPS) is 17.1. The summed E-state index contributed by atoms with van der Waals surface area (Å²) < 4.78 is 33.8. The smallest absolute Gasteiger partial charge is 0.328 e. The van der Waals surface area contributed by atoms with Crippen molar-refractivity contribution in [2.24, 2.45) is 0 Å². The highest BCUT2D eigenvalue weighted by molar-refractivity contribution is 5.97. The number of hydrogen-bond acceptors (Lipinski definition) is 4. The van der Waals surface area contributed by atoms with Crippen LogP contribution < -0.4 is 0 Å². The number of carbonyl (C=O) groups excluding carboxylic acids is 2. The van der Waals surface area contributed by atoms with E-state index in [1.54, 1.807) is 0 Å². The van der Waals surface area contributed by atoms with Gasteiger partial charge in [-0.1, -0.05) is 24.3 Å². The molecule has 0 saturated heterocycles. The average Bonchev–Trinajstić information content (AvgIpc) is 3.42. The second kappa shape index (κ2) is 7.85. The van der Waals surface area contributed by atoms with Crippen LogP contribution in [-0.4, -0.2) is 39.7 Å². The number of amides is 1. The number of methoxy groups -OCH3 is 1. The molecule has 0 bridgehead atoms. The Bertz CT molecular complexity index is 1240. The van der Waals surface area contributed by atoms with E-state index in [0.717, 1.165) is 40.9 Å². The van der Waals surface area contributed by atoms with Gasteiger partial charge in [-0.05, 0) is 42.5 Å². The van der Waals surface area contributed by atoms with E-state index in [0.29, 0.717) is 24.9 Å². The summed E-state index contributed by atoms with van der Waals surface area (Å²) in [7, 11) is 1.31. The van der Waals surface area contributed by atoms with Gasteiger partial charge in [-0.25, -0.2) is 18.3 Å². The Morgan fingerprint density at radius 1 is 1.06 bits per heavy atom. The molecule has 5 rings (SSSR count). The first-order valence-corrected chi connectivity index (χ1v) is 10.5. The minimum atomic E-state index is -0.976. The maximum Gasteiger partial charge on any atom is 0.328 e. The third-order valence-corrected chi connectivity index (χ3v) is 6.26. The first-order valence-electron chi connectivity index (χ1n) is 10.5. The quantitative estimate of drug-likeness (QED) is 0.590. The van der Waals surface area contributed by atoms with Gasteiger partial charge in [0.25, 0.3) is 5.91 Å². The molecule has 32 heavy (non-hydrogen) atoms. The van der Waals surface area contributed by atoms with E-state index in [1.165, 1.54) is 22.8 Å². The molecule has 0 radical (unpaired) electrons. The van der Waals surface area contributed by atoms with Gasteiger partial charge in [0.05, 0.1) is 12.8 Å². The Kier molecular flexibility index (Phi) is 5.00. The molecule has 3 aromatic rings. The first kappa shape index (κ1) is 20.4. The molecule has 1 aliphatic carbocycles. The zero-order valence-corrected chi connectivity index (χ0v) is 17.5. The van der Waals surface area contributed by atoms with E-state index in [1.807, 2.05) is 24.3 Å². The predicted octanol–water partition coefficient (Wildman–Crippen LogP) is 3.38. The highest BCUT2D eigenvalue weighted by Gasteiger charge is 2.38. The van der Waals surface area contributed by atoms with Crippen molar-refractivity contribution in [3.05, 3.63) is 82.2 Å². The largest absolute Gasteiger partial charge is 0.467 e. The molecule has 164 valence electrons. The summed E-state index contributed by atoms with van der Waals surface area (Å²) in [6.45, 7) is 0.265. The van der Waals surface area contributed by atoms with Crippen LogP contribution in [0.1, 0.15) is 39.3 Å². The molecule has 2 heterocycles. The van der Waals surface area contributed by atoms with E-state index in [4.69, 9.17) is 4.74 Å². The summed E-state index contributed by atoms with van der Waals surface area (Å²) in [4.78, 5) is 27.7. The lowest BCUT2D eigenvalue weighted by Gasteiger charge is -2.34. The zero-order chi connectivity index (χ0) is 22.4.